The van der Waals surface area contributed by atoms with E-state index in [0.29, 0.717) is 25.6 Å². The molecule has 1 amide bonds. The number of methoxy groups -OCH3 is 1. The Balaban J connectivity index is 1.61. The van der Waals surface area contributed by atoms with Crippen LogP contribution in [0.2, 0.25) is 0 Å². The largest absolute Gasteiger partial charge is 0.497 e. The molecule has 1 atom stereocenters. The maximum absolute atomic E-state index is 13.0. The molecule has 0 radical (unpaired) electrons. The maximum atomic E-state index is 13.0. The van der Waals surface area contributed by atoms with Gasteiger partial charge in [-0.3, -0.25) is 4.79 Å². The molecule has 0 spiro atoms. The smallest absolute Gasteiger partial charge is 0.407 e. The van der Waals surface area contributed by atoms with E-state index in [1.165, 1.54) is 6.08 Å². The number of carbonyl (C=O) groups excluding carboxylic acids is 3. The normalized spacial score (nSPS) is 19.2. The lowest BCUT2D eigenvalue weighted by Crippen LogP contribution is -2.45. The highest BCUT2D eigenvalue weighted by Crippen LogP contribution is 2.47. The predicted molar refractivity (Wildman–Crippen MR) is 160 cm³/mol. The van der Waals surface area contributed by atoms with Crippen LogP contribution in [0.25, 0.3) is 6.08 Å². The second-order valence-corrected chi connectivity index (χ2v) is 13.6. The molecule has 2 rings (SSSR count). The van der Waals surface area contributed by atoms with Gasteiger partial charge in [0.1, 0.15) is 12.4 Å². The van der Waals surface area contributed by atoms with Crippen LogP contribution in [0.4, 0.5) is 4.79 Å². The third-order valence-electron chi connectivity index (χ3n) is 8.00. The Morgan fingerprint density at radius 1 is 0.854 bits per heavy atom. The zero-order valence-corrected chi connectivity index (χ0v) is 26.3. The van der Waals surface area contributed by atoms with Crippen molar-refractivity contribution in [3.63, 3.8) is 0 Å². The first kappa shape index (κ1) is 34.2. The third-order valence-corrected chi connectivity index (χ3v) is 8.00. The second kappa shape index (κ2) is 15.3. The van der Waals surface area contributed by atoms with Crippen molar-refractivity contribution in [1.82, 2.24) is 5.32 Å². The minimum absolute atomic E-state index is 0.0254. The molecule has 0 aromatic heterocycles. The van der Waals surface area contributed by atoms with Gasteiger partial charge in [0, 0.05) is 6.08 Å². The van der Waals surface area contributed by atoms with Crippen LogP contribution in [-0.4, -0.2) is 51.5 Å². The highest BCUT2D eigenvalue weighted by Gasteiger charge is 2.47. The number of benzene rings is 1. The topological polar surface area (TPSA) is 100 Å². The average Bonchev–Trinajstić information content (AvgIpc) is 2.91. The molecule has 1 unspecified atom stereocenters. The van der Waals surface area contributed by atoms with Crippen LogP contribution in [0, 0.1) is 28.1 Å². The van der Waals surface area contributed by atoms with Gasteiger partial charge in [-0.05, 0) is 85.5 Å². The van der Waals surface area contributed by atoms with E-state index in [1.807, 2.05) is 31.2 Å². The van der Waals surface area contributed by atoms with Gasteiger partial charge in [0.15, 0.2) is 0 Å². The fourth-order valence-electron chi connectivity index (χ4n) is 5.10. The minimum atomic E-state index is -0.642. The number of rotatable bonds is 12. The Morgan fingerprint density at radius 2 is 1.41 bits per heavy atom. The quantitative estimate of drug-likeness (QED) is 0.127. The second-order valence-electron chi connectivity index (χ2n) is 13.6. The number of hydrogen-bond donors (Lipinski definition) is 1. The molecule has 1 fully saturated rings. The maximum Gasteiger partial charge on any atom is 0.407 e. The minimum Gasteiger partial charge on any atom is -0.497 e. The fourth-order valence-corrected chi connectivity index (χ4v) is 5.10. The Kier molecular flexibility index (Phi) is 12.7. The first-order valence-corrected chi connectivity index (χ1v) is 14.7. The van der Waals surface area contributed by atoms with Crippen molar-refractivity contribution < 1.29 is 33.3 Å². The van der Waals surface area contributed by atoms with E-state index in [0.717, 1.165) is 37.0 Å². The van der Waals surface area contributed by atoms with Crippen LogP contribution < -0.4 is 10.1 Å². The van der Waals surface area contributed by atoms with E-state index >= 15 is 0 Å². The van der Waals surface area contributed by atoms with Crippen molar-refractivity contribution in [2.24, 2.45) is 28.1 Å². The Hall–Kier alpha value is -3.03. The van der Waals surface area contributed by atoms with Crippen molar-refractivity contribution in [3.8, 4) is 5.75 Å². The molecule has 0 bridgehead atoms. The number of carbonyl (C=O) groups is 3. The first-order valence-electron chi connectivity index (χ1n) is 14.7. The van der Waals surface area contributed by atoms with E-state index in [1.54, 1.807) is 13.2 Å². The van der Waals surface area contributed by atoms with Gasteiger partial charge in [-0.1, -0.05) is 53.7 Å². The van der Waals surface area contributed by atoms with Crippen LogP contribution >= 0.6 is 0 Å². The summed E-state index contributed by atoms with van der Waals surface area (Å²) in [5.74, 6) is 0.757. The lowest BCUT2D eigenvalue weighted by molar-refractivity contribution is -0.164. The zero-order valence-electron chi connectivity index (χ0n) is 26.3. The van der Waals surface area contributed by atoms with Crippen LogP contribution in [0.5, 0.6) is 5.75 Å². The number of nitrogens with one attached hydrogen (secondary N) is 1. The lowest BCUT2D eigenvalue weighted by Gasteiger charge is -2.43. The molecule has 1 saturated carbocycles. The van der Waals surface area contributed by atoms with Crippen molar-refractivity contribution >= 4 is 24.1 Å². The molecule has 0 saturated heterocycles. The Morgan fingerprint density at radius 3 is 1.93 bits per heavy atom. The summed E-state index contributed by atoms with van der Waals surface area (Å²) in [5.41, 5.74) is -0.0358. The highest BCUT2D eigenvalue weighted by molar-refractivity contribution is 5.87. The van der Waals surface area contributed by atoms with E-state index in [4.69, 9.17) is 18.9 Å². The molecule has 8 nitrogen and oxygen atoms in total. The summed E-state index contributed by atoms with van der Waals surface area (Å²) in [4.78, 5) is 37.2. The fraction of sp³-hybridized carbons (Fsp3) is 0.667. The molecule has 0 aliphatic heterocycles. The summed E-state index contributed by atoms with van der Waals surface area (Å²) >= 11 is 0. The van der Waals surface area contributed by atoms with Crippen molar-refractivity contribution in [1.29, 1.82) is 0 Å². The summed E-state index contributed by atoms with van der Waals surface area (Å²) in [6, 6.07) is 7.42. The van der Waals surface area contributed by atoms with Crippen LogP contribution in [0.1, 0.15) is 86.1 Å². The van der Waals surface area contributed by atoms with Gasteiger partial charge < -0.3 is 24.3 Å². The molecule has 1 aliphatic carbocycles. The molecule has 1 aromatic carbocycles. The van der Waals surface area contributed by atoms with Crippen molar-refractivity contribution in [2.75, 3.05) is 33.5 Å². The van der Waals surface area contributed by atoms with Crippen LogP contribution in [0.3, 0.4) is 0 Å². The molecule has 1 aliphatic rings. The summed E-state index contributed by atoms with van der Waals surface area (Å²) in [7, 11) is 1.61. The molecule has 41 heavy (non-hydrogen) atoms. The molecular formula is C33H51NO7. The van der Waals surface area contributed by atoms with E-state index < -0.39 is 11.5 Å². The van der Waals surface area contributed by atoms with Gasteiger partial charge >= 0.3 is 18.0 Å². The summed E-state index contributed by atoms with van der Waals surface area (Å²) < 4.78 is 21.5. The molecular weight excluding hydrogens is 522 g/mol. The van der Waals surface area contributed by atoms with E-state index in [-0.39, 0.29) is 41.8 Å². The number of hydrogen-bond acceptors (Lipinski definition) is 7. The highest BCUT2D eigenvalue weighted by atomic mass is 16.6. The van der Waals surface area contributed by atoms with Gasteiger partial charge in [-0.25, -0.2) is 9.59 Å². The first-order chi connectivity index (χ1) is 19.1. The summed E-state index contributed by atoms with van der Waals surface area (Å²) in [6.07, 6.45) is 7.02. The van der Waals surface area contributed by atoms with Crippen molar-refractivity contribution in [3.05, 3.63) is 35.9 Å². The van der Waals surface area contributed by atoms with Crippen LogP contribution in [0.15, 0.2) is 30.3 Å². The number of ether oxygens (including phenoxy) is 4. The molecule has 1 aromatic rings. The Bertz CT molecular complexity index is 1010. The van der Waals surface area contributed by atoms with Gasteiger partial charge in [0.2, 0.25) is 0 Å². The molecule has 230 valence electrons. The summed E-state index contributed by atoms with van der Waals surface area (Å²) in [5, 5.41) is 2.68. The molecule has 8 heteroatoms. The van der Waals surface area contributed by atoms with E-state index in [9.17, 15) is 14.4 Å². The lowest BCUT2D eigenvalue weighted by atomic mass is 9.61. The monoisotopic (exact) mass is 573 g/mol. The number of esters is 2. The Labute approximate surface area is 246 Å². The number of alkyl carbamates (subject to hydrolysis) is 1. The van der Waals surface area contributed by atoms with Gasteiger partial charge in [0.05, 0.1) is 32.3 Å². The SMILES string of the molecule is COc1ccc(/C=C/C(=O)OCC2CCC(COC(=O)NCCOC(=O)C(C)(CC(C)(C)C)C(C)(C)C)CC2)cc1. The van der Waals surface area contributed by atoms with Crippen molar-refractivity contribution in [2.45, 2.75) is 80.6 Å². The van der Waals surface area contributed by atoms with Gasteiger partial charge in [-0.15, -0.1) is 0 Å². The predicted octanol–water partition coefficient (Wildman–Crippen LogP) is 6.82. The third kappa shape index (κ3) is 11.8. The zero-order chi connectivity index (χ0) is 30.7. The molecule has 0 heterocycles. The van der Waals surface area contributed by atoms with E-state index in [2.05, 4.69) is 46.9 Å². The summed E-state index contributed by atoms with van der Waals surface area (Å²) in [6.45, 7) is 15.5. The van der Waals surface area contributed by atoms with Crippen LogP contribution in [-0.2, 0) is 23.8 Å². The van der Waals surface area contributed by atoms with Gasteiger partial charge in [0.25, 0.3) is 0 Å². The average molecular weight is 574 g/mol. The number of amides is 1. The van der Waals surface area contributed by atoms with Gasteiger partial charge in [-0.2, -0.15) is 0 Å². The standard InChI is InChI=1S/C33H51NO7/c1-31(2,3)23-33(7,32(4,5)6)29(36)39-20-19-34-30(37)41-22-26-11-9-25(10-12-26)21-40-28(35)18-15-24-13-16-27(38-8)17-14-24/h13-18,25-26H,9-12,19-23H2,1-8H3,(H,34,37)/b18-15+. The molecule has 1 N–H and O–H groups in total.